The molecule has 1 heteroatoms. The summed E-state index contributed by atoms with van der Waals surface area (Å²) >= 11 is 0. The van der Waals surface area contributed by atoms with Crippen molar-refractivity contribution in [3.8, 4) is 24.7 Å². The standard InChI is InChI=1S/C8H14O.C6H10/c1-5-8(4,9)6-7(2)3;1-5-6(2,3)4/h1,7,9H,6H2,2-4H3;1H,2-4H3. The number of aliphatic hydroxyl groups is 1. The van der Waals surface area contributed by atoms with E-state index in [0.717, 1.165) is 0 Å². The zero-order chi connectivity index (χ0) is 12.7. The van der Waals surface area contributed by atoms with Gasteiger partial charge in [-0.2, -0.15) is 0 Å². The minimum Gasteiger partial charge on any atom is -0.378 e. The average molecular weight is 208 g/mol. The van der Waals surface area contributed by atoms with Gasteiger partial charge in [-0.3, -0.25) is 0 Å². The molecule has 0 fully saturated rings. The van der Waals surface area contributed by atoms with Crippen molar-refractivity contribution in [2.24, 2.45) is 11.3 Å². The maximum absolute atomic E-state index is 9.26. The van der Waals surface area contributed by atoms with Crippen LogP contribution in [-0.2, 0) is 0 Å². The first-order valence-corrected chi connectivity index (χ1v) is 5.22. The van der Waals surface area contributed by atoms with Gasteiger partial charge in [-0.25, -0.2) is 0 Å². The van der Waals surface area contributed by atoms with Gasteiger partial charge in [0.2, 0.25) is 0 Å². The highest BCUT2D eigenvalue weighted by molar-refractivity contribution is 5.04. The van der Waals surface area contributed by atoms with Gasteiger partial charge in [0.15, 0.2) is 0 Å². The molecular weight excluding hydrogens is 184 g/mol. The lowest BCUT2D eigenvalue weighted by atomic mass is 9.95. The molecule has 0 aromatic carbocycles. The SMILES string of the molecule is C#CC(C)(C)C.C#CC(C)(O)CC(C)C. The van der Waals surface area contributed by atoms with Crippen molar-refractivity contribution < 1.29 is 5.11 Å². The molecule has 0 aromatic rings. The van der Waals surface area contributed by atoms with E-state index in [1.54, 1.807) is 6.92 Å². The summed E-state index contributed by atoms with van der Waals surface area (Å²) in [4.78, 5) is 0. The zero-order valence-corrected chi connectivity index (χ0v) is 10.9. The predicted molar refractivity (Wildman–Crippen MR) is 67.2 cm³/mol. The van der Waals surface area contributed by atoms with E-state index in [2.05, 4.69) is 11.8 Å². The third-order valence-corrected chi connectivity index (χ3v) is 1.55. The van der Waals surface area contributed by atoms with Crippen LogP contribution < -0.4 is 0 Å². The molecular formula is C14H24O. The first-order valence-electron chi connectivity index (χ1n) is 5.22. The van der Waals surface area contributed by atoms with Crippen molar-refractivity contribution in [2.75, 3.05) is 0 Å². The minimum absolute atomic E-state index is 0.0694. The topological polar surface area (TPSA) is 20.2 Å². The van der Waals surface area contributed by atoms with E-state index in [-0.39, 0.29) is 5.41 Å². The van der Waals surface area contributed by atoms with Crippen LogP contribution >= 0.6 is 0 Å². The van der Waals surface area contributed by atoms with Gasteiger partial charge in [-0.05, 0) is 40.0 Å². The second kappa shape index (κ2) is 6.54. The largest absolute Gasteiger partial charge is 0.378 e. The lowest BCUT2D eigenvalue weighted by Crippen LogP contribution is -2.23. The van der Waals surface area contributed by atoms with Gasteiger partial charge >= 0.3 is 0 Å². The van der Waals surface area contributed by atoms with E-state index in [4.69, 9.17) is 12.8 Å². The summed E-state index contributed by atoms with van der Waals surface area (Å²) < 4.78 is 0. The molecule has 0 aliphatic rings. The highest BCUT2D eigenvalue weighted by Gasteiger charge is 2.17. The van der Waals surface area contributed by atoms with Crippen LogP contribution in [0.15, 0.2) is 0 Å². The molecule has 0 spiro atoms. The summed E-state index contributed by atoms with van der Waals surface area (Å²) in [5.74, 6) is 5.39. The van der Waals surface area contributed by atoms with Crippen LogP contribution in [0.25, 0.3) is 0 Å². The van der Waals surface area contributed by atoms with Gasteiger partial charge in [-0.15, -0.1) is 18.8 Å². The van der Waals surface area contributed by atoms with E-state index in [1.165, 1.54) is 0 Å². The Bertz CT molecular complexity index is 240. The van der Waals surface area contributed by atoms with Crippen LogP contribution in [0.1, 0.15) is 48.0 Å². The summed E-state index contributed by atoms with van der Waals surface area (Å²) in [6.07, 6.45) is 10.8. The van der Waals surface area contributed by atoms with Crippen molar-refractivity contribution in [3.63, 3.8) is 0 Å². The summed E-state index contributed by atoms with van der Waals surface area (Å²) in [5.41, 5.74) is -0.839. The van der Waals surface area contributed by atoms with Crippen molar-refractivity contribution >= 4 is 0 Å². The number of rotatable bonds is 2. The normalized spacial score (nSPS) is 14.3. The molecule has 0 rings (SSSR count). The van der Waals surface area contributed by atoms with E-state index in [0.29, 0.717) is 12.3 Å². The molecule has 0 saturated heterocycles. The Morgan fingerprint density at radius 3 is 1.47 bits per heavy atom. The summed E-state index contributed by atoms with van der Waals surface area (Å²) in [5, 5.41) is 9.26. The Kier molecular flexibility index (Phi) is 7.20. The molecule has 0 aromatic heterocycles. The fourth-order valence-corrected chi connectivity index (χ4v) is 0.854. The minimum atomic E-state index is -0.909. The third-order valence-electron chi connectivity index (χ3n) is 1.55. The Hall–Kier alpha value is -0.920. The van der Waals surface area contributed by atoms with E-state index >= 15 is 0 Å². The maximum atomic E-state index is 9.26. The number of terminal acetylenes is 2. The first kappa shape index (κ1) is 16.5. The van der Waals surface area contributed by atoms with Crippen LogP contribution in [0.2, 0.25) is 0 Å². The molecule has 0 radical (unpaired) electrons. The molecule has 0 heterocycles. The van der Waals surface area contributed by atoms with Gasteiger partial charge in [0.25, 0.3) is 0 Å². The van der Waals surface area contributed by atoms with Gasteiger partial charge in [0.1, 0.15) is 5.60 Å². The van der Waals surface area contributed by atoms with Crippen LogP contribution in [0.3, 0.4) is 0 Å². The monoisotopic (exact) mass is 208 g/mol. The molecule has 1 atom stereocenters. The molecule has 0 amide bonds. The summed E-state index contributed by atoms with van der Waals surface area (Å²) in [6, 6.07) is 0. The quantitative estimate of drug-likeness (QED) is 0.691. The van der Waals surface area contributed by atoms with Crippen LogP contribution in [-0.4, -0.2) is 10.7 Å². The van der Waals surface area contributed by atoms with Gasteiger partial charge < -0.3 is 5.11 Å². The number of hydrogen-bond acceptors (Lipinski definition) is 1. The van der Waals surface area contributed by atoms with E-state index < -0.39 is 5.60 Å². The fraction of sp³-hybridized carbons (Fsp3) is 0.714. The van der Waals surface area contributed by atoms with Gasteiger partial charge in [-0.1, -0.05) is 19.8 Å². The maximum Gasteiger partial charge on any atom is 0.122 e. The molecule has 0 aliphatic carbocycles. The average Bonchev–Trinajstić information content (AvgIpc) is 2.02. The fourth-order valence-electron chi connectivity index (χ4n) is 0.854. The molecule has 15 heavy (non-hydrogen) atoms. The lowest BCUT2D eigenvalue weighted by Gasteiger charge is -2.17. The molecule has 0 bridgehead atoms. The van der Waals surface area contributed by atoms with E-state index in [1.807, 2.05) is 34.6 Å². The Morgan fingerprint density at radius 2 is 1.40 bits per heavy atom. The number of hydrogen-bond donors (Lipinski definition) is 1. The smallest absolute Gasteiger partial charge is 0.122 e. The molecule has 1 unspecified atom stereocenters. The zero-order valence-electron chi connectivity index (χ0n) is 10.9. The van der Waals surface area contributed by atoms with Crippen LogP contribution in [0.5, 0.6) is 0 Å². The van der Waals surface area contributed by atoms with Crippen LogP contribution in [0.4, 0.5) is 0 Å². The van der Waals surface area contributed by atoms with Crippen molar-refractivity contribution in [1.82, 2.24) is 0 Å². The Balaban J connectivity index is 0. The molecule has 0 saturated carbocycles. The lowest BCUT2D eigenvalue weighted by molar-refractivity contribution is 0.0978. The first-order chi connectivity index (χ1) is 6.54. The Labute approximate surface area is 95.3 Å². The summed E-state index contributed by atoms with van der Waals surface area (Å²) in [6.45, 7) is 11.7. The van der Waals surface area contributed by atoms with Crippen molar-refractivity contribution in [3.05, 3.63) is 0 Å². The second-order valence-electron chi connectivity index (χ2n) is 5.41. The van der Waals surface area contributed by atoms with Crippen LogP contribution in [0, 0.1) is 36.0 Å². The van der Waals surface area contributed by atoms with Gasteiger partial charge in [0.05, 0.1) is 0 Å². The predicted octanol–water partition coefficient (Wildman–Crippen LogP) is 3.08. The van der Waals surface area contributed by atoms with Crippen molar-refractivity contribution in [2.45, 2.75) is 53.6 Å². The molecule has 0 aliphatic heterocycles. The molecule has 1 nitrogen and oxygen atoms in total. The highest BCUT2D eigenvalue weighted by Crippen LogP contribution is 2.14. The molecule has 86 valence electrons. The second-order valence-corrected chi connectivity index (χ2v) is 5.41. The molecule has 1 N–H and O–H groups in total. The van der Waals surface area contributed by atoms with E-state index in [9.17, 15) is 5.11 Å². The summed E-state index contributed by atoms with van der Waals surface area (Å²) in [7, 11) is 0. The van der Waals surface area contributed by atoms with Gasteiger partial charge in [0, 0.05) is 5.41 Å². The highest BCUT2D eigenvalue weighted by atomic mass is 16.3. The third kappa shape index (κ3) is 15.8. The van der Waals surface area contributed by atoms with Crippen molar-refractivity contribution in [1.29, 1.82) is 0 Å². The Morgan fingerprint density at radius 1 is 1.07 bits per heavy atom.